The summed E-state index contributed by atoms with van der Waals surface area (Å²) in [6.07, 6.45) is 0. The minimum Gasteiger partial charge on any atom is -0.497 e. The third kappa shape index (κ3) is 4.64. The van der Waals surface area contributed by atoms with Crippen molar-refractivity contribution in [2.45, 2.75) is 0 Å². The van der Waals surface area contributed by atoms with Crippen molar-refractivity contribution in [3.05, 3.63) is 84.4 Å². The summed E-state index contributed by atoms with van der Waals surface area (Å²) in [5, 5.41) is 7.84. The normalized spacial score (nSPS) is 10.8. The second kappa shape index (κ2) is 9.44. The number of methoxy groups -OCH3 is 2. The van der Waals surface area contributed by atoms with Gasteiger partial charge < -0.3 is 19.2 Å². The number of carbonyl (C=O) groups is 1. The molecule has 0 saturated carbocycles. The average molecular weight is 484 g/mol. The maximum Gasteiger partial charge on any atom is 0.261 e. The molecule has 35 heavy (non-hydrogen) atoms. The first-order valence-electron chi connectivity index (χ1n) is 10.8. The zero-order valence-corrected chi connectivity index (χ0v) is 19.8. The van der Waals surface area contributed by atoms with Crippen LogP contribution in [0, 0.1) is 0 Å². The van der Waals surface area contributed by atoms with Gasteiger partial charge in [-0.25, -0.2) is 4.98 Å². The highest BCUT2D eigenvalue weighted by Gasteiger charge is 2.15. The topological polar surface area (TPSA) is 85.6 Å². The molecule has 0 bridgehead atoms. The van der Waals surface area contributed by atoms with Crippen molar-refractivity contribution in [1.29, 1.82) is 0 Å². The third-order valence-electron chi connectivity index (χ3n) is 5.52. The van der Waals surface area contributed by atoms with Gasteiger partial charge in [0, 0.05) is 17.3 Å². The molecular formula is C27H21N3O4S. The van der Waals surface area contributed by atoms with Crippen molar-refractivity contribution in [3.63, 3.8) is 0 Å². The van der Waals surface area contributed by atoms with Gasteiger partial charge in [0.2, 0.25) is 5.89 Å². The van der Waals surface area contributed by atoms with Crippen molar-refractivity contribution in [2.75, 3.05) is 19.5 Å². The largest absolute Gasteiger partial charge is 0.497 e. The van der Waals surface area contributed by atoms with Gasteiger partial charge in [0.1, 0.15) is 17.0 Å². The molecule has 5 aromatic rings. The first-order valence-corrected chi connectivity index (χ1v) is 11.2. The van der Waals surface area contributed by atoms with E-state index in [9.17, 15) is 4.79 Å². The predicted molar refractivity (Wildman–Crippen MR) is 140 cm³/mol. The number of nitrogens with zero attached hydrogens (tertiary/aromatic N) is 1. The van der Waals surface area contributed by atoms with Gasteiger partial charge in [-0.1, -0.05) is 24.3 Å². The fourth-order valence-corrected chi connectivity index (χ4v) is 3.96. The van der Waals surface area contributed by atoms with E-state index in [1.165, 1.54) is 7.11 Å². The van der Waals surface area contributed by atoms with Gasteiger partial charge >= 0.3 is 0 Å². The molecule has 0 aliphatic carbocycles. The Morgan fingerprint density at radius 1 is 0.914 bits per heavy atom. The van der Waals surface area contributed by atoms with E-state index in [1.54, 1.807) is 13.2 Å². The van der Waals surface area contributed by atoms with Crippen LogP contribution in [-0.2, 0) is 0 Å². The Hall–Kier alpha value is -4.43. The zero-order valence-electron chi connectivity index (χ0n) is 19.0. The number of aromatic nitrogens is 1. The van der Waals surface area contributed by atoms with Crippen LogP contribution < -0.4 is 20.1 Å². The van der Waals surface area contributed by atoms with E-state index in [2.05, 4.69) is 15.6 Å². The lowest BCUT2D eigenvalue weighted by molar-refractivity contribution is 0.0975. The number of carbonyl (C=O) groups excluding carboxylic acids is 1. The fourth-order valence-electron chi connectivity index (χ4n) is 3.75. The summed E-state index contributed by atoms with van der Waals surface area (Å²) in [4.78, 5) is 17.4. The zero-order chi connectivity index (χ0) is 24.4. The molecular weight excluding hydrogens is 462 g/mol. The Morgan fingerprint density at radius 3 is 2.37 bits per heavy atom. The van der Waals surface area contributed by atoms with Crippen molar-refractivity contribution in [2.24, 2.45) is 0 Å². The highest BCUT2D eigenvalue weighted by Crippen LogP contribution is 2.28. The number of amides is 1. The maximum absolute atomic E-state index is 12.9. The van der Waals surface area contributed by atoms with Gasteiger partial charge in [-0.05, 0) is 71.5 Å². The monoisotopic (exact) mass is 483 g/mol. The predicted octanol–water partition coefficient (Wildman–Crippen LogP) is 5.79. The standard InChI is InChI=1S/C27H21N3O4S/c1-32-20-11-12-23-22(15-20)29-26(34-23)16-7-9-19(10-8-16)28-27(35)30-25(31)21-13-17-5-3-4-6-18(17)14-24(21)33-2/h3-15H,1-2H3,(H2,28,30,31,35). The first kappa shape index (κ1) is 22.4. The lowest BCUT2D eigenvalue weighted by Crippen LogP contribution is -2.34. The van der Waals surface area contributed by atoms with Gasteiger partial charge in [0.05, 0.1) is 19.8 Å². The number of benzene rings is 4. The number of hydrogen-bond donors (Lipinski definition) is 2. The molecule has 0 aliphatic heterocycles. The Kier molecular flexibility index (Phi) is 6.03. The molecule has 8 heteroatoms. The fraction of sp³-hybridized carbons (Fsp3) is 0.0741. The van der Waals surface area contributed by atoms with Crippen LogP contribution in [0.4, 0.5) is 5.69 Å². The number of hydrogen-bond acceptors (Lipinski definition) is 6. The van der Waals surface area contributed by atoms with E-state index in [4.69, 9.17) is 26.1 Å². The quantitative estimate of drug-likeness (QED) is 0.306. The summed E-state index contributed by atoms with van der Waals surface area (Å²) >= 11 is 5.35. The number of anilines is 1. The molecule has 0 spiro atoms. The Labute approximate surface area is 206 Å². The molecule has 0 fully saturated rings. The molecule has 0 atom stereocenters. The van der Waals surface area contributed by atoms with Gasteiger partial charge in [-0.2, -0.15) is 0 Å². The maximum atomic E-state index is 12.9. The molecule has 174 valence electrons. The van der Waals surface area contributed by atoms with Gasteiger partial charge in [0.15, 0.2) is 10.7 Å². The van der Waals surface area contributed by atoms with Crippen molar-refractivity contribution < 1.29 is 18.7 Å². The molecule has 0 radical (unpaired) electrons. The van der Waals surface area contributed by atoms with E-state index in [1.807, 2.05) is 72.8 Å². The van der Waals surface area contributed by atoms with Crippen molar-refractivity contribution in [1.82, 2.24) is 10.3 Å². The molecule has 5 rings (SSSR count). The summed E-state index contributed by atoms with van der Waals surface area (Å²) in [6.45, 7) is 0. The van der Waals surface area contributed by atoms with Crippen molar-refractivity contribution in [3.8, 4) is 23.0 Å². The SMILES string of the molecule is COc1ccc2oc(-c3ccc(NC(=S)NC(=O)c4cc5ccccc5cc4OC)cc3)nc2c1. The first-order chi connectivity index (χ1) is 17.0. The molecule has 0 unspecified atom stereocenters. The van der Waals surface area contributed by atoms with E-state index < -0.39 is 0 Å². The number of rotatable bonds is 5. The number of thiocarbonyl (C=S) groups is 1. The van der Waals surface area contributed by atoms with Crippen LogP contribution in [-0.4, -0.2) is 30.2 Å². The molecule has 1 amide bonds. The minimum absolute atomic E-state index is 0.173. The van der Waals surface area contributed by atoms with E-state index in [0.717, 1.165) is 21.9 Å². The summed E-state index contributed by atoms with van der Waals surface area (Å²) in [6, 6.07) is 24.3. The molecule has 1 aromatic heterocycles. The van der Waals surface area contributed by atoms with E-state index >= 15 is 0 Å². The van der Waals surface area contributed by atoms with E-state index in [-0.39, 0.29) is 11.0 Å². The minimum atomic E-state index is -0.358. The second-order valence-electron chi connectivity index (χ2n) is 7.74. The van der Waals surface area contributed by atoms with Crippen LogP contribution >= 0.6 is 12.2 Å². The Bertz CT molecular complexity index is 1560. The van der Waals surface area contributed by atoms with Crippen LogP contribution in [0.3, 0.4) is 0 Å². The van der Waals surface area contributed by atoms with Crippen molar-refractivity contribution >= 4 is 50.8 Å². The summed E-state index contributed by atoms with van der Waals surface area (Å²) in [5.74, 6) is 1.33. The van der Waals surface area contributed by atoms with E-state index in [0.29, 0.717) is 34.2 Å². The lowest BCUT2D eigenvalue weighted by Gasteiger charge is -2.13. The number of ether oxygens (including phenoxy) is 2. The van der Waals surface area contributed by atoms with Crippen LogP contribution in [0.15, 0.2) is 83.3 Å². The van der Waals surface area contributed by atoms with Crippen LogP contribution in [0.25, 0.3) is 33.3 Å². The Balaban J connectivity index is 1.28. The summed E-state index contributed by atoms with van der Waals surface area (Å²) < 4.78 is 16.5. The average Bonchev–Trinajstić information content (AvgIpc) is 3.31. The molecule has 0 aliphatic rings. The molecule has 2 N–H and O–H groups in total. The highest BCUT2D eigenvalue weighted by molar-refractivity contribution is 7.80. The number of oxazole rings is 1. The summed E-state index contributed by atoms with van der Waals surface area (Å²) in [7, 11) is 3.14. The lowest BCUT2D eigenvalue weighted by atomic mass is 10.1. The smallest absolute Gasteiger partial charge is 0.261 e. The molecule has 4 aromatic carbocycles. The highest BCUT2D eigenvalue weighted by atomic mass is 32.1. The molecule has 1 heterocycles. The second-order valence-corrected chi connectivity index (χ2v) is 8.15. The van der Waals surface area contributed by atoms with Crippen LogP contribution in [0.1, 0.15) is 10.4 Å². The van der Waals surface area contributed by atoms with Crippen LogP contribution in [0.5, 0.6) is 11.5 Å². The van der Waals surface area contributed by atoms with Gasteiger partial charge in [-0.3, -0.25) is 10.1 Å². The number of fused-ring (bicyclic) bond motifs is 2. The number of nitrogens with one attached hydrogen (secondary N) is 2. The Morgan fingerprint density at radius 2 is 1.66 bits per heavy atom. The molecule has 7 nitrogen and oxygen atoms in total. The molecule has 0 saturated heterocycles. The third-order valence-corrected chi connectivity index (χ3v) is 5.73. The van der Waals surface area contributed by atoms with Gasteiger partial charge in [0.25, 0.3) is 5.91 Å². The summed E-state index contributed by atoms with van der Waals surface area (Å²) in [5.41, 5.74) is 3.31. The van der Waals surface area contributed by atoms with Crippen LogP contribution in [0.2, 0.25) is 0 Å². The van der Waals surface area contributed by atoms with Gasteiger partial charge in [-0.15, -0.1) is 0 Å².